The smallest absolute Gasteiger partial charge is 0.342 e. The summed E-state index contributed by atoms with van der Waals surface area (Å²) < 4.78 is 5.12. The number of rotatable bonds is 4. The minimum atomic E-state index is -1.17. The number of fused-ring (bicyclic) bond motifs is 1. The number of esters is 1. The number of phenols is 2. The highest BCUT2D eigenvalue weighted by Gasteiger charge is 2.23. The maximum atomic E-state index is 12.4. The van der Waals surface area contributed by atoms with E-state index in [0.717, 1.165) is 6.07 Å². The second-order valence-electron chi connectivity index (χ2n) is 6.07. The van der Waals surface area contributed by atoms with Gasteiger partial charge in [-0.3, -0.25) is 4.79 Å². The zero-order chi connectivity index (χ0) is 20.3. The summed E-state index contributed by atoms with van der Waals surface area (Å²) in [5, 5.41) is 32.6. The molecule has 3 N–H and O–H groups in total. The summed E-state index contributed by atoms with van der Waals surface area (Å²) in [4.78, 5) is 24.7. The van der Waals surface area contributed by atoms with Gasteiger partial charge in [0.15, 0.2) is 6.10 Å². The standard InChI is InChI=1S/C21H16N2O5/c1-12(20(26)23-14-6-4-5-13(9-14)11-22)28-21(27)17-10-18(24)15-7-2-3-8-16(15)19(17)25/h2-10,12,24-25H,1H3,(H,23,26)/t12-/m1/s1. The van der Waals surface area contributed by atoms with E-state index < -0.39 is 18.0 Å². The van der Waals surface area contributed by atoms with E-state index in [1.165, 1.54) is 13.0 Å². The first-order chi connectivity index (χ1) is 13.4. The summed E-state index contributed by atoms with van der Waals surface area (Å²) >= 11 is 0. The van der Waals surface area contributed by atoms with Gasteiger partial charge in [-0.25, -0.2) is 4.79 Å². The van der Waals surface area contributed by atoms with Crippen molar-refractivity contribution in [1.82, 2.24) is 0 Å². The highest BCUT2D eigenvalue weighted by molar-refractivity contribution is 6.04. The Balaban J connectivity index is 1.77. The van der Waals surface area contributed by atoms with E-state index in [-0.39, 0.29) is 17.1 Å². The van der Waals surface area contributed by atoms with Crippen LogP contribution in [0.3, 0.4) is 0 Å². The van der Waals surface area contributed by atoms with E-state index in [0.29, 0.717) is 22.0 Å². The largest absolute Gasteiger partial charge is 0.507 e. The zero-order valence-electron chi connectivity index (χ0n) is 14.8. The molecule has 0 aromatic heterocycles. The van der Waals surface area contributed by atoms with Gasteiger partial charge >= 0.3 is 5.97 Å². The number of hydrogen-bond acceptors (Lipinski definition) is 6. The molecule has 0 fully saturated rings. The van der Waals surface area contributed by atoms with E-state index in [1.54, 1.807) is 42.5 Å². The number of carbonyl (C=O) groups is 2. The molecule has 3 aromatic rings. The molecule has 3 rings (SSSR count). The lowest BCUT2D eigenvalue weighted by molar-refractivity contribution is -0.123. The summed E-state index contributed by atoms with van der Waals surface area (Å²) in [6.07, 6.45) is -1.17. The number of carbonyl (C=O) groups excluding carboxylic acids is 2. The molecule has 28 heavy (non-hydrogen) atoms. The Bertz CT molecular complexity index is 1120. The van der Waals surface area contributed by atoms with E-state index in [2.05, 4.69) is 5.32 Å². The first kappa shape index (κ1) is 18.7. The summed E-state index contributed by atoms with van der Waals surface area (Å²) in [7, 11) is 0. The Morgan fingerprint density at radius 1 is 1.07 bits per heavy atom. The number of phenolic OH excluding ortho intramolecular Hbond substituents is 2. The van der Waals surface area contributed by atoms with Crippen molar-refractivity contribution in [3.63, 3.8) is 0 Å². The predicted octanol–water partition coefficient (Wildman–Crippen LogP) is 3.31. The van der Waals surface area contributed by atoms with Crippen molar-refractivity contribution in [3.8, 4) is 17.6 Å². The quantitative estimate of drug-likeness (QED) is 0.475. The number of hydrogen-bond donors (Lipinski definition) is 3. The molecular weight excluding hydrogens is 360 g/mol. The van der Waals surface area contributed by atoms with Crippen LogP contribution < -0.4 is 5.32 Å². The van der Waals surface area contributed by atoms with Gasteiger partial charge in [-0.15, -0.1) is 0 Å². The summed E-state index contributed by atoms with van der Waals surface area (Å²) in [5.41, 5.74) is 0.513. The fraction of sp³-hybridized carbons (Fsp3) is 0.0952. The van der Waals surface area contributed by atoms with Crippen LogP contribution in [0.4, 0.5) is 5.69 Å². The second-order valence-corrected chi connectivity index (χ2v) is 6.07. The molecule has 0 radical (unpaired) electrons. The first-order valence-corrected chi connectivity index (χ1v) is 8.36. The Kier molecular flexibility index (Phi) is 5.14. The van der Waals surface area contributed by atoms with Crippen molar-refractivity contribution >= 4 is 28.3 Å². The van der Waals surface area contributed by atoms with Gasteiger partial charge in [0.1, 0.15) is 17.1 Å². The van der Waals surface area contributed by atoms with Crippen LogP contribution in [-0.4, -0.2) is 28.2 Å². The van der Waals surface area contributed by atoms with E-state index >= 15 is 0 Å². The Morgan fingerprint density at radius 3 is 2.50 bits per heavy atom. The molecule has 7 nitrogen and oxygen atoms in total. The third-order valence-electron chi connectivity index (χ3n) is 4.13. The molecule has 0 saturated heterocycles. The molecule has 140 valence electrons. The van der Waals surface area contributed by atoms with Gasteiger partial charge in [0.25, 0.3) is 5.91 Å². The zero-order valence-corrected chi connectivity index (χ0v) is 14.8. The highest BCUT2D eigenvalue weighted by Crippen LogP contribution is 2.35. The average Bonchev–Trinajstić information content (AvgIpc) is 2.70. The van der Waals surface area contributed by atoms with Crippen molar-refractivity contribution in [3.05, 3.63) is 65.7 Å². The van der Waals surface area contributed by atoms with Gasteiger partial charge in [0.2, 0.25) is 0 Å². The normalized spacial score (nSPS) is 11.4. The molecule has 1 amide bonds. The number of aromatic hydroxyl groups is 2. The maximum absolute atomic E-state index is 12.4. The van der Waals surface area contributed by atoms with Crippen molar-refractivity contribution < 1.29 is 24.5 Å². The topological polar surface area (TPSA) is 120 Å². The molecule has 0 bridgehead atoms. The van der Waals surface area contributed by atoms with Crippen LogP contribution in [-0.2, 0) is 9.53 Å². The van der Waals surface area contributed by atoms with Gasteiger partial charge in [-0.2, -0.15) is 5.26 Å². The Hall–Kier alpha value is -4.05. The fourth-order valence-electron chi connectivity index (χ4n) is 2.68. The van der Waals surface area contributed by atoms with Crippen LogP contribution >= 0.6 is 0 Å². The highest BCUT2D eigenvalue weighted by atomic mass is 16.5. The molecule has 0 aliphatic rings. The summed E-state index contributed by atoms with van der Waals surface area (Å²) in [6, 6.07) is 15.8. The van der Waals surface area contributed by atoms with Crippen LogP contribution in [0.15, 0.2) is 54.6 Å². The predicted molar refractivity (Wildman–Crippen MR) is 102 cm³/mol. The Labute approximate surface area is 160 Å². The third-order valence-corrected chi connectivity index (χ3v) is 4.13. The average molecular weight is 376 g/mol. The fourth-order valence-corrected chi connectivity index (χ4v) is 2.68. The number of nitrogens with zero attached hydrogens (tertiary/aromatic N) is 1. The molecule has 1 atom stereocenters. The summed E-state index contributed by atoms with van der Waals surface area (Å²) in [5.74, 6) is -2.08. The van der Waals surface area contributed by atoms with Crippen LogP contribution in [0.5, 0.6) is 11.5 Å². The third kappa shape index (κ3) is 3.71. The molecule has 0 heterocycles. The Morgan fingerprint density at radius 2 is 1.79 bits per heavy atom. The lowest BCUT2D eigenvalue weighted by Gasteiger charge is -2.15. The first-order valence-electron chi connectivity index (χ1n) is 8.36. The minimum absolute atomic E-state index is 0.189. The van der Waals surface area contributed by atoms with Crippen molar-refractivity contribution in [2.24, 2.45) is 0 Å². The minimum Gasteiger partial charge on any atom is -0.507 e. The van der Waals surface area contributed by atoms with Crippen LogP contribution in [0, 0.1) is 11.3 Å². The SMILES string of the molecule is C[C@@H](OC(=O)c1cc(O)c2ccccc2c1O)C(=O)Nc1cccc(C#N)c1. The van der Waals surface area contributed by atoms with Crippen molar-refractivity contribution in [2.75, 3.05) is 5.32 Å². The van der Waals surface area contributed by atoms with Gasteiger partial charge in [0, 0.05) is 16.5 Å². The molecule has 0 spiro atoms. The number of benzene rings is 3. The van der Waals surface area contributed by atoms with Crippen LogP contribution in [0.25, 0.3) is 10.8 Å². The number of nitriles is 1. The number of ether oxygens (including phenoxy) is 1. The van der Waals surface area contributed by atoms with Gasteiger partial charge in [-0.05, 0) is 31.2 Å². The molecule has 0 unspecified atom stereocenters. The van der Waals surface area contributed by atoms with E-state index in [4.69, 9.17) is 10.00 Å². The van der Waals surface area contributed by atoms with Crippen LogP contribution in [0.2, 0.25) is 0 Å². The van der Waals surface area contributed by atoms with E-state index in [1.807, 2.05) is 6.07 Å². The molecule has 0 saturated carbocycles. The number of anilines is 1. The molecule has 0 aliphatic carbocycles. The number of amides is 1. The van der Waals surface area contributed by atoms with Crippen molar-refractivity contribution in [2.45, 2.75) is 13.0 Å². The monoisotopic (exact) mass is 376 g/mol. The summed E-state index contributed by atoms with van der Waals surface area (Å²) in [6.45, 7) is 1.37. The molecule has 0 aliphatic heterocycles. The van der Waals surface area contributed by atoms with Gasteiger partial charge < -0.3 is 20.3 Å². The van der Waals surface area contributed by atoms with E-state index in [9.17, 15) is 19.8 Å². The molecule has 7 heteroatoms. The molecular formula is C21H16N2O5. The second kappa shape index (κ2) is 7.68. The number of nitrogens with one attached hydrogen (secondary N) is 1. The van der Waals surface area contributed by atoms with Crippen molar-refractivity contribution in [1.29, 1.82) is 5.26 Å². The van der Waals surface area contributed by atoms with Gasteiger partial charge in [-0.1, -0.05) is 30.3 Å². The maximum Gasteiger partial charge on any atom is 0.342 e. The lowest BCUT2D eigenvalue weighted by Crippen LogP contribution is -2.30. The molecule has 3 aromatic carbocycles. The van der Waals surface area contributed by atoms with Crippen LogP contribution in [0.1, 0.15) is 22.8 Å². The lowest BCUT2D eigenvalue weighted by atomic mass is 10.0. The van der Waals surface area contributed by atoms with Gasteiger partial charge in [0.05, 0.1) is 11.6 Å².